The highest BCUT2D eigenvalue weighted by molar-refractivity contribution is 6.56. The van der Waals surface area contributed by atoms with Crippen molar-refractivity contribution in [2.75, 3.05) is 0 Å². The van der Waals surface area contributed by atoms with E-state index in [1.807, 2.05) is 0 Å². The van der Waals surface area contributed by atoms with Crippen LogP contribution in [0, 0.1) is 0 Å². The van der Waals surface area contributed by atoms with Crippen molar-refractivity contribution in [3.63, 3.8) is 0 Å². The molecule has 0 heterocycles. The summed E-state index contributed by atoms with van der Waals surface area (Å²) in [5.74, 6) is 0. The number of rotatable bonds is 6. The average Bonchev–Trinajstić information content (AvgIpc) is 1.85. The molecule has 0 saturated carbocycles. The van der Waals surface area contributed by atoms with Crippen molar-refractivity contribution >= 4 is 8.80 Å². The predicted molar refractivity (Wildman–Crippen MR) is 46.0 cm³/mol. The summed E-state index contributed by atoms with van der Waals surface area (Å²) in [4.78, 5) is 25.9. The lowest BCUT2D eigenvalue weighted by Gasteiger charge is -2.07. The Hall–Kier alpha value is 0.0969. The largest absolute Gasteiger partial charge is 0.492 e. The van der Waals surface area contributed by atoms with E-state index in [4.69, 9.17) is 14.4 Å². The van der Waals surface area contributed by atoms with Gasteiger partial charge in [0, 0.05) is 6.04 Å². The third-order valence-electron chi connectivity index (χ3n) is 1.62. The number of unbranched alkanes of at least 4 members (excludes halogenated alkanes) is 4. The van der Waals surface area contributed by atoms with Gasteiger partial charge >= 0.3 is 8.80 Å². The minimum atomic E-state index is -3.72. The SMILES string of the molecule is CCCCCCC[Si](O)(O)O. The van der Waals surface area contributed by atoms with Crippen LogP contribution in [0.4, 0.5) is 0 Å². The van der Waals surface area contributed by atoms with E-state index in [1.54, 1.807) is 0 Å². The zero-order chi connectivity index (χ0) is 8.74. The number of hydrogen-bond acceptors (Lipinski definition) is 3. The van der Waals surface area contributed by atoms with Gasteiger partial charge in [-0.15, -0.1) is 0 Å². The molecule has 4 heteroatoms. The van der Waals surface area contributed by atoms with E-state index in [1.165, 1.54) is 12.8 Å². The van der Waals surface area contributed by atoms with Gasteiger partial charge in [0.2, 0.25) is 0 Å². The average molecular weight is 178 g/mol. The molecular formula is C7H18O3Si. The van der Waals surface area contributed by atoms with E-state index < -0.39 is 8.80 Å². The monoisotopic (exact) mass is 178 g/mol. The normalized spacial score (nSPS) is 12.0. The van der Waals surface area contributed by atoms with Gasteiger partial charge in [0.25, 0.3) is 0 Å². The van der Waals surface area contributed by atoms with Gasteiger partial charge in [0.05, 0.1) is 0 Å². The molecule has 0 fully saturated rings. The second-order valence-corrected chi connectivity index (χ2v) is 4.99. The van der Waals surface area contributed by atoms with Crippen LogP contribution in [0.1, 0.15) is 39.0 Å². The lowest BCUT2D eigenvalue weighted by atomic mass is 10.2. The van der Waals surface area contributed by atoms with Crippen LogP contribution in [-0.2, 0) is 0 Å². The van der Waals surface area contributed by atoms with Crippen molar-refractivity contribution in [3.05, 3.63) is 0 Å². The summed E-state index contributed by atoms with van der Waals surface area (Å²) in [6, 6.07) is 0.191. The lowest BCUT2D eigenvalue weighted by Crippen LogP contribution is -2.33. The van der Waals surface area contributed by atoms with E-state index >= 15 is 0 Å². The van der Waals surface area contributed by atoms with E-state index in [0.717, 1.165) is 19.3 Å². The van der Waals surface area contributed by atoms with Crippen molar-refractivity contribution in [1.82, 2.24) is 0 Å². The Bertz CT molecular complexity index is 90.2. The van der Waals surface area contributed by atoms with Gasteiger partial charge in [-0.1, -0.05) is 32.6 Å². The third kappa shape index (κ3) is 10.1. The maximum atomic E-state index is 8.62. The highest BCUT2D eigenvalue weighted by atomic mass is 28.4. The first-order chi connectivity index (χ1) is 5.06. The Kier molecular flexibility index (Phi) is 5.76. The zero-order valence-electron chi connectivity index (χ0n) is 7.08. The van der Waals surface area contributed by atoms with E-state index in [-0.39, 0.29) is 6.04 Å². The third-order valence-corrected chi connectivity index (χ3v) is 2.64. The molecule has 68 valence electrons. The fraction of sp³-hybridized carbons (Fsp3) is 1.00. The molecule has 11 heavy (non-hydrogen) atoms. The maximum absolute atomic E-state index is 8.62. The summed E-state index contributed by atoms with van der Waals surface area (Å²) < 4.78 is 0. The van der Waals surface area contributed by atoms with Crippen LogP contribution in [0.3, 0.4) is 0 Å². The van der Waals surface area contributed by atoms with Crippen molar-refractivity contribution in [2.24, 2.45) is 0 Å². The van der Waals surface area contributed by atoms with Crippen LogP contribution in [0.2, 0.25) is 6.04 Å². The molecule has 3 N–H and O–H groups in total. The number of hydrogen-bond donors (Lipinski definition) is 3. The Morgan fingerprint density at radius 1 is 0.909 bits per heavy atom. The Balaban J connectivity index is 3.02. The first kappa shape index (κ1) is 11.1. The molecule has 0 unspecified atom stereocenters. The zero-order valence-corrected chi connectivity index (χ0v) is 8.08. The minimum absolute atomic E-state index is 0.191. The van der Waals surface area contributed by atoms with Crippen molar-refractivity contribution < 1.29 is 14.4 Å². The second-order valence-electron chi connectivity index (χ2n) is 2.94. The van der Waals surface area contributed by atoms with Crippen LogP contribution in [-0.4, -0.2) is 23.2 Å². The Morgan fingerprint density at radius 3 is 1.91 bits per heavy atom. The molecule has 0 aliphatic rings. The van der Waals surface area contributed by atoms with E-state index in [9.17, 15) is 0 Å². The highest BCUT2D eigenvalue weighted by Crippen LogP contribution is 2.08. The molecule has 0 radical (unpaired) electrons. The van der Waals surface area contributed by atoms with Crippen LogP contribution in [0.5, 0.6) is 0 Å². The molecule has 0 spiro atoms. The standard InChI is InChI=1S/C7H18O3Si/c1-2-3-4-5-6-7-11(8,9)10/h8-10H,2-7H2,1H3. The van der Waals surface area contributed by atoms with Crippen molar-refractivity contribution in [2.45, 2.75) is 45.1 Å². The molecule has 0 rings (SSSR count). The van der Waals surface area contributed by atoms with Crippen LogP contribution in [0.15, 0.2) is 0 Å². The first-order valence-electron chi connectivity index (χ1n) is 4.23. The van der Waals surface area contributed by atoms with Crippen LogP contribution >= 0.6 is 0 Å². The van der Waals surface area contributed by atoms with Gasteiger partial charge < -0.3 is 14.4 Å². The van der Waals surface area contributed by atoms with Gasteiger partial charge in [-0.2, -0.15) is 0 Å². The molecule has 0 saturated heterocycles. The van der Waals surface area contributed by atoms with Gasteiger partial charge in [-0.05, 0) is 6.42 Å². The quantitative estimate of drug-likeness (QED) is 0.418. The summed E-state index contributed by atoms with van der Waals surface area (Å²) in [7, 11) is -3.72. The van der Waals surface area contributed by atoms with Crippen molar-refractivity contribution in [1.29, 1.82) is 0 Å². The minimum Gasteiger partial charge on any atom is -0.390 e. The molecule has 0 amide bonds. The smallest absolute Gasteiger partial charge is 0.390 e. The molecular weight excluding hydrogens is 160 g/mol. The highest BCUT2D eigenvalue weighted by Gasteiger charge is 2.25. The fourth-order valence-corrected chi connectivity index (χ4v) is 1.69. The summed E-state index contributed by atoms with van der Waals surface area (Å²) >= 11 is 0. The summed E-state index contributed by atoms with van der Waals surface area (Å²) in [5.41, 5.74) is 0. The second kappa shape index (κ2) is 5.71. The molecule has 0 atom stereocenters. The molecule has 3 nitrogen and oxygen atoms in total. The summed E-state index contributed by atoms with van der Waals surface area (Å²) in [6.45, 7) is 2.13. The molecule has 0 aromatic heterocycles. The Morgan fingerprint density at radius 2 is 1.45 bits per heavy atom. The van der Waals surface area contributed by atoms with Crippen LogP contribution in [0.25, 0.3) is 0 Å². The van der Waals surface area contributed by atoms with Gasteiger partial charge in [0.1, 0.15) is 0 Å². The summed E-state index contributed by atoms with van der Waals surface area (Å²) in [6.07, 6.45) is 5.22. The fourth-order valence-electron chi connectivity index (χ4n) is 0.966. The summed E-state index contributed by atoms with van der Waals surface area (Å²) in [5, 5.41) is 0. The van der Waals surface area contributed by atoms with Gasteiger partial charge in [-0.25, -0.2) is 0 Å². The van der Waals surface area contributed by atoms with Gasteiger partial charge in [0.15, 0.2) is 0 Å². The molecule has 0 aromatic rings. The van der Waals surface area contributed by atoms with Gasteiger partial charge in [-0.3, -0.25) is 0 Å². The van der Waals surface area contributed by atoms with E-state index in [0.29, 0.717) is 0 Å². The topological polar surface area (TPSA) is 60.7 Å². The van der Waals surface area contributed by atoms with Crippen molar-refractivity contribution in [3.8, 4) is 0 Å². The molecule has 0 bridgehead atoms. The predicted octanol–water partition coefficient (Wildman–Crippen LogP) is 0.873. The van der Waals surface area contributed by atoms with E-state index in [2.05, 4.69) is 6.92 Å². The first-order valence-corrected chi connectivity index (χ1v) is 6.28. The molecule has 0 aliphatic carbocycles. The Labute approximate surface area is 69.1 Å². The maximum Gasteiger partial charge on any atom is 0.492 e. The molecule has 0 aliphatic heterocycles. The lowest BCUT2D eigenvalue weighted by molar-refractivity contribution is 0.226. The molecule has 0 aromatic carbocycles. The van der Waals surface area contributed by atoms with Crippen LogP contribution < -0.4 is 0 Å².